The highest BCUT2D eigenvalue weighted by molar-refractivity contribution is 5.97. The van der Waals surface area contributed by atoms with Crippen LogP contribution in [0.4, 0.5) is 4.39 Å². The van der Waals surface area contributed by atoms with Crippen LogP contribution in [-0.2, 0) is 4.79 Å². The predicted octanol–water partition coefficient (Wildman–Crippen LogP) is 4.98. The zero-order chi connectivity index (χ0) is 25.1. The largest absolute Gasteiger partial charge is 0.493 e. The number of carboxylic acid groups (broad SMARTS) is 1. The number of carbonyl (C=O) groups is 2. The van der Waals surface area contributed by atoms with Crippen molar-refractivity contribution in [1.29, 1.82) is 0 Å². The maximum atomic E-state index is 15.3. The van der Waals surface area contributed by atoms with E-state index in [1.165, 1.54) is 32.3 Å². The average Bonchev–Trinajstić information content (AvgIpc) is 3.53. The molecular formula is C28H38FNO5. The Bertz CT molecular complexity index is 999. The lowest BCUT2D eigenvalue weighted by molar-refractivity contribution is -0.141. The van der Waals surface area contributed by atoms with Crippen molar-refractivity contribution in [2.75, 3.05) is 13.2 Å². The summed E-state index contributed by atoms with van der Waals surface area (Å²) < 4.78 is 21.7. The maximum absolute atomic E-state index is 15.3. The number of carboxylic acids is 1. The van der Waals surface area contributed by atoms with E-state index in [9.17, 15) is 19.8 Å². The van der Waals surface area contributed by atoms with Crippen LogP contribution in [0, 0.1) is 29.0 Å². The van der Waals surface area contributed by atoms with E-state index in [-0.39, 0.29) is 29.9 Å². The lowest BCUT2D eigenvalue weighted by Gasteiger charge is -2.49. The molecule has 1 aliphatic heterocycles. The smallest absolute Gasteiger partial charge is 0.326 e. The van der Waals surface area contributed by atoms with Crippen LogP contribution < -0.4 is 4.74 Å². The standard InChI is InChI=1S/C28H38FNO5/c1-16-6-18-7-17(2)11-28(10-16,12-18)15-35-24-9-22(29)21(8-20(24)19-4-5-19)25(31)30-14-27(3,34)13-23(30)26(32)33/h8-9,16-19,23,34H,4-7,10-15H2,1-3H3,(H,32,33)/t16?,17?,18?,23-,27?,28?/m0/s1. The number of aliphatic carboxylic acids is 1. The van der Waals surface area contributed by atoms with E-state index in [1.54, 1.807) is 6.07 Å². The third-order valence-electron chi connectivity index (χ3n) is 8.70. The molecule has 4 aliphatic rings. The van der Waals surface area contributed by atoms with E-state index in [0.29, 0.717) is 24.2 Å². The van der Waals surface area contributed by atoms with Crippen molar-refractivity contribution in [2.24, 2.45) is 23.2 Å². The van der Waals surface area contributed by atoms with Crippen LogP contribution in [0.2, 0.25) is 0 Å². The van der Waals surface area contributed by atoms with E-state index >= 15 is 4.39 Å². The van der Waals surface area contributed by atoms with Crippen molar-refractivity contribution in [3.8, 4) is 5.75 Å². The van der Waals surface area contributed by atoms with Gasteiger partial charge in [0, 0.05) is 17.9 Å². The van der Waals surface area contributed by atoms with Crippen LogP contribution in [0.1, 0.15) is 94.0 Å². The Kier molecular flexibility index (Phi) is 6.14. The first-order valence-electron chi connectivity index (χ1n) is 13.2. The molecule has 1 amide bonds. The first-order valence-corrected chi connectivity index (χ1v) is 13.2. The van der Waals surface area contributed by atoms with Crippen molar-refractivity contribution >= 4 is 11.9 Å². The topological polar surface area (TPSA) is 87.1 Å². The van der Waals surface area contributed by atoms with Crippen LogP contribution in [0.25, 0.3) is 0 Å². The molecule has 7 heteroatoms. The molecule has 0 spiro atoms. The summed E-state index contributed by atoms with van der Waals surface area (Å²) in [6, 6.07) is 1.73. The van der Waals surface area contributed by atoms with Crippen LogP contribution >= 0.6 is 0 Å². The molecular weight excluding hydrogens is 449 g/mol. The second kappa shape index (κ2) is 8.75. The lowest BCUT2D eigenvalue weighted by atomic mass is 9.57. The molecule has 35 heavy (non-hydrogen) atoms. The van der Waals surface area contributed by atoms with Crippen molar-refractivity contribution in [3.05, 3.63) is 29.1 Å². The van der Waals surface area contributed by atoms with E-state index in [1.807, 2.05) is 0 Å². The maximum Gasteiger partial charge on any atom is 0.326 e. The molecule has 3 saturated carbocycles. The summed E-state index contributed by atoms with van der Waals surface area (Å²) in [4.78, 5) is 26.1. The normalized spacial score (nSPS) is 36.8. The van der Waals surface area contributed by atoms with Crippen LogP contribution in [0.15, 0.2) is 12.1 Å². The van der Waals surface area contributed by atoms with Gasteiger partial charge in [-0.1, -0.05) is 13.8 Å². The third-order valence-corrected chi connectivity index (χ3v) is 8.70. The molecule has 0 aromatic heterocycles. The molecule has 3 aliphatic carbocycles. The fourth-order valence-corrected chi connectivity index (χ4v) is 7.55. The summed E-state index contributed by atoms with van der Waals surface area (Å²) in [6.45, 7) is 6.58. The van der Waals surface area contributed by atoms with Crippen molar-refractivity contribution in [3.63, 3.8) is 0 Å². The summed E-state index contributed by atoms with van der Waals surface area (Å²) in [6.07, 6.45) is 7.86. The van der Waals surface area contributed by atoms with E-state index in [4.69, 9.17) is 4.74 Å². The van der Waals surface area contributed by atoms with Gasteiger partial charge in [0.1, 0.15) is 17.6 Å². The Hall–Kier alpha value is -2.15. The Morgan fingerprint density at radius 1 is 1.11 bits per heavy atom. The van der Waals surface area contributed by atoms with Gasteiger partial charge >= 0.3 is 5.97 Å². The number of likely N-dealkylation sites (tertiary alicyclic amines) is 1. The minimum absolute atomic E-state index is 0.0771. The quantitative estimate of drug-likeness (QED) is 0.591. The molecule has 4 fully saturated rings. The number of aliphatic hydroxyl groups is 1. The van der Waals surface area contributed by atoms with Gasteiger partial charge in [0.05, 0.1) is 24.3 Å². The Labute approximate surface area is 206 Å². The van der Waals surface area contributed by atoms with Gasteiger partial charge in [0.2, 0.25) is 0 Å². The molecule has 1 aromatic rings. The molecule has 5 rings (SSSR count). The van der Waals surface area contributed by atoms with Gasteiger partial charge in [-0.05, 0) is 87.2 Å². The SMILES string of the molecule is CC1CC2CC(C)CC(COc3cc(F)c(C(=O)N4CC(C)(O)C[C@H]4C(=O)O)cc3C3CC3)(C1)C2. The summed E-state index contributed by atoms with van der Waals surface area (Å²) in [5, 5.41) is 19.9. The number of amides is 1. The number of nitrogens with zero attached hydrogens (tertiary/aromatic N) is 1. The summed E-state index contributed by atoms with van der Waals surface area (Å²) in [7, 11) is 0. The third kappa shape index (κ3) is 4.93. The highest BCUT2D eigenvalue weighted by atomic mass is 19.1. The fourth-order valence-electron chi connectivity index (χ4n) is 7.55. The van der Waals surface area contributed by atoms with Gasteiger partial charge in [-0.3, -0.25) is 4.79 Å². The van der Waals surface area contributed by atoms with Gasteiger partial charge in [-0.15, -0.1) is 0 Å². The number of carbonyl (C=O) groups excluding carboxylic acids is 1. The molecule has 1 saturated heterocycles. The molecule has 2 bridgehead atoms. The molecule has 0 radical (unpaired) electrons. The van der Waals surface area contributed by atoms with Crippen molar-refractivity contribution < 1.29 is 28.9 Å². The van der Waals surface area contributed by atoms with Gasteiger partial charge in [-0.2, -0.15) is 0 Å². The number of hydrogen-bond donors (Lipinski definition) is 2. The number of halogens is 1. The first kappa shape index (κ1) is 24.5. The number of benzene rings is 1. The van der Waals surface area contributed by atoms with Crippen molar-refractivity contribution in [2.45, 2.75) is 89.7 Å². The van der Waals surface area contributed by atoms with Crippen molar-refractivity contribution in [1.82, 2.24) is 4.90 Å². The van der Waals surface area contributed by atoms with Crippen LogP contribution in [0.5, 0.6) is 5.75 Å². The molecule has 3 unspecified atom stereocenters. The predicted molar refractivity (Wildman–Crippen MR) is 129 cm³/mol. The minimum Gasteiger partial charge on any atom is -0.493 e. The molecule has 1 aromatic carbocycles. The zero-order valence-electron chi connectivity index (χ0n) is 21.1. The van der Waals surface area contributed by atoms with Gasteiger partial charge < -0.3 is 19.8 Å². The zero-order valence-corrected chi connectivity index (χ0v) is 21.1. The van der Waals surface area contributed by atoms with Gasteiger partial charge in [0.15, 0.2) is 0 Å². The number of rotatable bonds is 6. The van der Waals surface area contributed by atoms with Crippen LogP contribution in [-0.4, -0.2) is 51.8 Å². The van der Waals surface area contributed by atoms with E-state index in [2.05, 4.69) is 13.8 Å². The summed E-state index contributed by atoms with van der Waals surface area (Å²) in [5.74, 6) is 0.250. The van der Waals surface area contributed by atoms with E-state index < -0.39 is 29.3 Å². The number of fused-ring (bicyclic) bond motifs is 2. The molecule has 6 nitrogen and oxygen atoms in total. The Balaban J connectivity index is 1.39. The number of ether oxygens (including phenoxy) is 1. The monoisotopic (exact) mass is 487 g/mol. The number of β-amino-alcohol motifs (C(OH)–C–C–N with tert-alkyl or cyclic N) is 1. The highest BCUT2D eigenvalue weighted by Gasteiger charge is 2.47. The second-order valence-electron chi connectivity index (χ2n) is 12.6. The first-order chi connectivity index (χ1) is 16.5. The minimum atomic E-state index is -1.32. The Morgan fingerprint density at radius 3 is 2.37 bits per heavy atom. The molecule has 2 N–H and O–H groups in total. The van der Waals surface area contributed by atoms with Crippen LogP contribution in [0.3, 0.4) is 0 Å². The molecule has 1 heterocycles. The lowest BCUT2D eigenvalue weighted by Crippen LogP contribution is -2.43. The summed E-state index contributed by atoms with van der Waals surface area (Å²) >= 11 is 0. The number of hydrogen-bond acceptors (Lipinski definition) is 4. The highest BCUT2D eigenvalue weighted by Crippen LogP contribution is 2.53. The molecule has 192 valence electrons. The average molecular weight is 488 g/mol. The second-order valence-corrected chi connectivity index (χ2v) is 12.6. The van der Waals surface area contributed by atoms with E-state index in [0.717, 1.165) is 42.1 Å². The fraction of sp³-hybridized carbons (Fsp3) is 0.714. The Morgan fingerprint density at radius 2 is 1.77 bits per heavy atom. The van der Waals surface area contributed by atoms with Gasteiger partial charge in [0.25, 0.3) is 5.91 Å². The summed E-state index contributed by atoms with van der Waals surface area (Å²) in [5.41, 5.74) is -0.489. The molecule has 4 atom stereocenters. The van der Waals surface area contributed by atoms with Gasteiger partial charge in [-0.25, -0.2) is 9.18 Å².